The van der Waals surface area contributed by atoms with Gasteiger partial charge in [-0.25, -0.2) is 4.98 Å². The minimum absolute atomic E-state index is 0.0148. The maximum atomic E-state index is 12.6. The van der Waals surface area contributed by atoms with Crippen LogP contribution in [0.15, 0.2) is 29.6 Å². The summed E-state index contributed by atoms with van der Waals surface area (Å²) in [5.74, 6) is -0.481. The lowest BCUT2D eigenvalue weighted by molar-refractivity contribution is -0.137. The molecular weight excluding hydrogens is 379 g/mol. The molecule has 144 valence electrons. The number of rotatable bonds is 4. The number of benzene rings is 1. The molecule has 1 aliphatic rings. The van der Waals surface area contributed by atoms with Crippen LogP contribution >= 0.6 is 11.3 Å². The van der Waals surface area contributed by atoms with E-state index in [1.807, 2.05) is 0 Å². The first-order valence-electron chi connectivity index (χ1n) is 8.52. The van der Waals surface area contributed by atoms with Gasteiger partial charge in [-0.3, -0.25) is 9.59 Å². The number of amides is 2. The third-order valence-corrected chi connectivity index (χ3v) is 5.16. The first-order chi connectivity index (χ1) is 12.8. The van der Waals surface area contributed by atoms with Crippen molar-refractivity contribution in [2.75, 3.05) is 6.54 Å². The highest BCUT2D eigenvalue weighted by Gasteiger charge is 2.30. The monoisotopic (exact) mass is 397 g/mol. The van der Waals surface area contributed by atoms with E-state index in [0.29, 0.717) is 29.2 Å². The Bertz CT molecular complexity index is 818. The van der Waals surface area contributed by atoms with Crippen molar-refractivity contribution < 1.29 is 22.8 Å². The molecule has 27 heavy (non-hydrogen) atoms. The van der Waals surface area contributed by atoms with Crippen molar-refractivity contribution in [3.8, 4) is 10.6 Å². The van der Waals surface area contributed by atoms with Crippen LogP contribution in [0.4, 0.5) is 13.2 Å². The summed E-state index contributed by atoms with van der Waals surface area (Å²) in [7, 11) is 0. The average molecular weight is 397 g/mol. The van der Waals surface area contributed by atoms with Gasteiger partial charge in [0.15, 0.2) is 0 Å². The number of carbonyl (C=O) groups excluding carboxylic acids is 2. The van der Waals surface area contributed by atoms with Crippen molar-refractivity contribution in [3.63, 3.8) is 0 Å². The molecule has 1 atom stereocenters. The molecule has 1 aromatic carbocycles. The molecular formula is C18H18F3N3O2S. The Hall–Kier alpha value is -2.42. The fourth-order valence-electron chi connectivity index (χ4n) is 2.81. The average Bonchev–Trinajstić information content (AvgIpc) is 2.98. The van der Waals surface area contributed by atoms with Crippen molar-refractivity contribution in [2.24, 2.45) is 0 Å². The Morgan fingerprint density at radius 1 is 1.26 bits per heavy atom. The predicted molar refractivity (Wildman–Crippen MR) is 95.0 cm³/mol. The molecule has 0 radical (unpaired) electrons. The van der Waals surface area contributed by atoms with Gasteiger partial charge in [-0.05, 0) is 31.4 Å². The molecule has 2 amide bonds. The van der Waals surface area contributed by atoms with Crippen molar-refractivity contribution >= 4 is 23.2 Å². The maximum absolute atomic E-state index is 12.6. The first-order valence-corrected chi connectivity index (χ1v) is 9.40. The van der Waals surface area contributed by atoms with Gasteiger partial charge in [0.25, 0.3) is 0 Å². The summed E-state index contributed by atoms with van der Waals surface area (Å²) in [6.07, 6.45) is -2.01. The third-order valence-electron chi connectivity index (χ3n) is 4.22. The fraction of sp³-hybridized carbons (Fsp3) is 0.389. The summed E-state index contributed by atoms with van der Waals surface area (Å²) in [4.78, 5) is 28.4. The summed E-state index contributed by atoms with van der Waals surface area (Å²) < 4.78 is 37.9. The summed E-state index contributed by atoms with van der Waals surface area (Å²) in [5, 5.41) is 7.71. The largest absolute Gasteiger partial charge is 0.416 e. The number of nitrogens with zero attached hydrogens (tertiary/aromatic N) is 1. The Kier molecular flexibility index (Phi) is 5.79. The molecule has 0 spiro atoms. The molecule has 0 saturated carbocycles. The summed E-state index contributed by atoms with van der Waals surface area (Å²) in [5.41, 5.74) is 0.355. The second-order valence-electron chi connectivity index (χ2n) is 6.30. The summed E-state index contributed by atoms with van der Waals surface area (Å²) >= 11 is 1.26. The van der Waals surface area contributed by atoms with Crippen molar-refractivity contribution in [1.29, 1.82) is 0 Å². The Morgan fingerprint density at radius 2 is 2.00 bits per heavy atom. The number of halogens is 3. The molecule has 9 heteroatoms. The summed E-state index contributed by atoms with van der Waals surface area (Å²) in [6.45, 7) is 0.619. The van der Waals surface area contributed by atoms with Gasteiger partial charge in [0, 0.05) is 17.5 Å². The number of hydrogen-bond acceptors (Lipinski definition) is 4. The van der Waals surface area contributed by atoms with E-state index in [1.54, 1.807) is 5.38 Å². The van der Waals surface area contributed by atoms with E-state index in [4.69, 9.17) is 0 Å². The molecule has 2 aromatic rings. The van der Waals surface area contributed by atoms with Gasteiger partial charge in [-0.2, -0.15) is 13.2 Å². The number of hydrogen-bond donors (Lipinski definition) is 2. The van der Waals surface area contributed by atoms with E-state index in [0.717, 1.165) is 25.0 Å². The molecule has 1 aliphatic heterocycles. The van der Waals surface area contributed by atoms with Crippen molar-refractivity contribution in [2.45, 2.75) is 37.9 Å². The number of alkyl halides is 3. The zero-order valence-electron chi connectivity index (χ0n) is 14.3. The number of aromatic nitrogens is 1. The van der Waals surface area contributed by atoms with Gasteiger partial charge in [-0.15, -0.1) is 11.3 Å². The van der Waals surface area contributed by atoms with Crippen molar-refractivity contribution in [3.05, 3.63) is 40.9 Å². The second kappa shape index (κ2) is 8.08. The van der Waals surface area contributed by atoms with Crippen LogP contribution in [0.3, 0.4) is 0 Å². The number of carbonyl (C=O) groups is 2. The minimum atomic E-state index is -4.38. The molecule has 0 aliphatic carbocycles. The molecule has 2 heterocycles. The normalized spacial score (nSPS) is 17.9. The van der Waals surface area contributed by atoms with Gasteiger partial charge in [0.05, 0.1) is 17.7 Å². The molecule has 1 fully saturated rings. The molecule has 3 rings (SSSR count). The fourth-order valence-corrected chi connectivity index (χ4v) is 3.64. The second-order valence-corrected chi connectivity index (χ2v) is 7.16. The predicted octanol–water partition coefficient (Wildman–Crippen LogP) is 3.16. The maximum Gasteiger partial charge on any atom is 0.416 e. The lowest BCUT2D eigenvalue weighted by Gasteiger charge is -2.14. The van der Waals surface area contributed by atoms with E-state index in [-0.39, 0.29) is 18.2 Å². The Labute approximate surface area is 158 Å². The van der Waals surface area contributed by atoms with E-state index >= 15 is 0 Å². The highest BCUT2D eigenvalue weighted by Crippen LogP contribution is 2.31. The van der Waals surface area contributed by atoms with Crippen LogP contribution in [0.25, 0.3) is 10.6 Å². The number of thiazole rings is 1. The van der Waals surface area contributed by atoms with Gasteiger partial charge < -0.3 is 10.6 Å². The van der Waals surface area contributed by atoms with Crippen LogP contribution in [0.5, 0.6) is 0 Å². The van der Waals surface area contributed by atoms with Crippen LogP contribution in [0, 0.1) is 0 Å². The lowest BCUT2D eigenvalue weighted by atomic mass is 10.1. The Balaban J connectivity index is 1.62. The van der Waals surface area contributed by atoms with Gasteiger partial charge >= 0.3 is 6.18 Å². The van der Waals surface area contributed by atoms with E-state index in [9.17, 15) is 22.8 Å². The third kappa shape index (κ3) is 5.06. The molecule has 1 saturated heterocycles. The van der Waals surface area contributed by atoms with Crippen LogP contribution in [-0.2, 0) is 22.2 Å². The number of nitrogens with one attached hydrogen (secondary N) is 2. The SMILES string of the molecule is O=C(Cc1csc(-c2ccc(C(F)(F)F)cc2)n1)NC1CCCCNC1=O. The van der Waals surface area contributed by atoms with E-state index < -0.39 is 17.8 Å². The first kappa shape index (κ1) is 19.3. The molecule has 1 unspecified atom stereocenters. The Morgan fingerprint density at radius 3 is 2.70 bits per heavy atom. The molecule has 1 aromatic heterocycles. The van der Waals surface area contributed by atoms with Gasteiger partial charge in [0.1, 0.15) is 11.0 Å². The smallest absolute Gasteiger partial charge is 0.354 e. The van der Waals surface area contributed by atoms with Gasteiger partial charge in [-0.1, -0.05) is 12.1 Å². The van der Waals surface area contributed by atoms with Gasteiger partial charge in [0.2, 0.25) is 11.8 Å². The van der Waals surface area contributed by atoms with Crippen LogP contribution in [0.2, 0.25) is 0 Å². The van der Waals surface area contributed by atoms with Crippen LogP contribution in [-0.4, -0.2) is 29.4 Å². The highest BCUT2D eigenvalue weighted by atomic mass is 32.1. The van der Waals surface area contributed by atoms with E-state index in [1.165, 1.54) is 23.5 Å². The van der Waals surface area contributed by atoms with E-state index in [2.05, 4.69) is 15.6 Å². The zero-order valence-corrected chi connectivity index (χ0v) is 15.1. The minimum Gasteiger partial charge on any atom is -0.354 e. The van der Waals surface area contributed by atoms with Crippen LogP contribution < -0.4 is 10.6 Å². The summed E-state index contributed by atoms with van der Waals surface area (Å²) in [6, 6.07) is 4.21. The van der Waals surface area contributed by atoms with Crippen LogP contribution in [0.1, 0.15) is 30.5 Å². The molecule has 2 N–H and O–H groups in total. The van der Waals surface area contributed by atoms with Crippen molar-refractivity contribution in [1.82, 2.24) is 15.6 Å². The zero-order chi connectivity index (χ0) is 19.4. The highest BCUT2D eigenvalue weighted by molar-refractivity contribution is 7.13. The molecule has 0 bridgehead atoms. The quantitative estimate of drug-likeness (QED) is 0.833. The molecule has 5 nitrogen and oxygen atoms in total. The topological polar surface area (TPSA) is 71.1 Å². The standard InChI is InChI=1S/C18H18F3N3O2S/c19-18(20,21)12-6-4-11(5-7-12)17-23-13(10-27-17)9-15(25)24-14-3-1-2-8-22-16(14)26/h4-7,10,14H,1-3,8-9H2,(H,22,26)(H,24,25). The lowest BCUT2D eigenvalue weighted by Crippen LogP contribution is -2.46.